The summed E-state index contributed by atoms with van der Waals surface area (Å²) in [5.74, 6) is -0.970. The van der Waals surface area contributed by atoms with Crippen molar-refractivity contribution in [3.05, 3.63) is 0 Å². The van der Waals surface area contributed by atoms with Crippen LogP contribution in [0.4, 0.5) is 9.59 Å². The predicted octanol–water partition coefficient (Wildman–Crippen LogP) is -1.03. The number of aliphatic carboxylic acids is 1. The van der Waals surface area contributed by atoms with Gasteiger partial charge in [0.25, 0.3) is 0 Å². The number of hydrogen-bond acceptors (Lipinski definition) is 5. The Bertz CT molecular complexity index is 348. The van der Waals surface area contributed by atoms with Crippen molar-refractivity contribution < 1.29 is 29.0 Å². The van der Waals surface area contributed by atoms with Crippen LogP contribution in [0.2, 0.25) is 0 Å². The minimum atomic E-state index is -0.970. The van der Waals surface area contributed by atoms with Gasteiger partial charge in [0.05, 0.1) is 25.7 Å². The Labute approximate surface area is 109 Å². The van der Waals surface area contributed by atoms with Crippen molar-refractivity contribution in [2.24, 2.45) is 5.73 Å². The maximum atomic E-state index is 11.7. The van der Waals surface area contributed by atoms with E-state index in [1.807, 2.05) is 0 Å². The summed E-state index contributed by atoms with van der Waals surface area (Å²) in [4.78, 5) is 34.0. The number of amides is 3. The predicted molar refractivity (Wildman–Crippen MR) is 62.5 cm³/mol. The Morgan fingerprint density at radius 2 is 2.21 bits per heavy atom. The quantitative estimate of drug-likeness (QED) is 0.549. The minimum Gasteiger partial charge on any atom is -0.481 e. The lowest BCUT2D eigenvalue weighted by atomic mass is 10.2. The van der Waals surface area contributed by atoms with Gasteiger partial charge in [-0.1, -0.05) is 0 Å². The van der Waals surface area contributed by atoms with Crippen molar-refractivity contribution >= 4 is 18.1 Å². The van der Waals surface area contributed by atoms with E-state index in [1.54, 1.807) is 0 Å². The first-order chi connectivity index (χ1) is 8.99. The van der Waals surface area contributed by atoms with Crippen LogP contribution >= 0.6 is 0 Å². The van der Waals surface area contributed by atoms with Gasteiger partial charge in [0.15, 0.2) is 0 Å². The summed E-state index contributed by atoms with van der Waals surface area (Å²) in [5, 5.41) is 11.2. The van der Waals surface area contributed by atoms with E-state index < -0.39 is 18.2 Å². The van der Waals surface area contributed by atoms with Crippen molar-refractivity contribution in [3.8, 4) is 0 Å². The third-order valence-electron chi connectivity index (χ3n) is 2.45. The average molecular weight is 275 g/mol. The largest absolute Gasteiger partial charge is 0.481 e. The topological polar surface area (TPSA) is 131 Å². The first-order valence-electron chi connectivity index (χ1n) is 5.77. The van der Waals surface area contributed by atoms with Gasteiger partial charge in [-0.05, 0) is 0 Å². The molecular weight excluding hydrogens is 258 g/mol. The lowest BCUT2D eigenvalue weighted by molar-refractivity contribution is -0.141. The Hall–Kier alpha value is -2.03. The lowest BCUT2D eigenvalue weighted by Gasteiger charge is -2.32. The molecule has 9 nitrogen and oxygen atoms in total. The Kier molecular flexibility index (Phi) is 5.86. The fourth-order valence-corrected chi connectivity index (χ4v) is 1.64. The Morgan fingerprint density at radius 3 is 2.84 bits per heavy atom. The van der Waals surface area contributed by atoms with E-state index in [0.717, 1.165) is 0 Å². The summed E-state index contributed by atoms with van der Waals surface area (Å²) in [6.07, 6.45) is -1.55. The molecule has 0 saturated carbocycles. The number of urea groups is 1. The van der Waals surface area contributed by atoms with Crippen LogP contribution in [0.15, 0.2) is 0 Å². The first-order valence-corrected chi connectivity index (χ1v) is 5.77. The molecule has 1 rings (SSSR count). The molecule has 1 unspecified atom stereocenters. The number of carboxylic acid groups (broad SMARTS) is 1. The number of morpholine rings is 1. The molecule has 1 aliphatic rings. The highest BCUT2D eigenvalue weighted by Crippen LogP contribution is 2.08. The van der Waals surface area contributed by atoms with Crippen LogP contribution in [0.25, 0.3) is 0 Å². The monoisotopic (exact) mass is 275 g/mol. The summed E-state index contributed by atoms with van der Waals surface area (Å²) in [6.45, 7) is 1.03. The molecule has 0 aromatic rings. The van der Waals surface area contributed by atoms with E-state index >= 15 is 0 Å². The molecule has 1 saturated heterocycles. The molecule has 0 aromatic heterocycles. The number of nitrogens with one attached hydrogen (secondary N) is 1. The van der Waals surface area contributed by atoms with Gasteiger partial charge in [-0.15, -0.1) is 0 Å². The summed E-state index contributed by atoms with van der Waals surface area (Å²) in [5.41, 5.74) is 4.76. The first kappa shape index (κ1) is 15.0. The van der Waals surface area contributed by atoms with Crippen LogP contribution < -0.4 is 11.1 Å². The number of carboxylic acids is 1. The lowest BCUT2D eigenvalue weighted by Crippen LogP contribution is -2.50. The fourth-order valence-electron chi connectivity index (χ4n) is 1.64. The Balaban J connectivity index is 2.27. The second-order valence-corrected chi connectivity index (χ2v) is 3.94. The summed E-state index contributed by atoms with van der Waals surface area (Å²) in [6, 6.07) is -0.355. The summed E-state index contributed by atoms with van der Waals surface area (Å²) in [7, 11) is 0. The molecule has 0 aromatic carbocycles. The normalized spacial score (nSPS) is 18.7. The number of ether oxygens (including phenoxy) is 2. The second kappa shape index (κ2) is 7.41. The highest BCUT2D eigenvalue weighted by atomic mass is 16.5. The van der Waals surface area contributed by atoms with E-state index in [1.165, 1.54) is 4.90 Å². The van der Waals surface area contributed by atoms with E-state index in [0.29, 0.717) is 13.2 Å². The zero-order valence-corrected chi connectivity index (χ0v) is 10.3. The number of hydrogen-bond donors (Lipinski definition) is 3. The molecule has 9 heteroatoms. The third kappa shape index (κ3) is 5.91. The molecule has 1 aliphatic heterocycles. The fraction of sp³-hybridized carbons (Fsp3) is 0.700. The van der Waals surface area contributed by atoms with Crippen LogP contribution in [-0.2, 0) is 14.3 Å². The number of carbonyl (C=O) groups excluding carboxylic acids is 2. The standard InChI is InChI=1S/C10H17N3O6/c11-9(16)19-3-1-12-10(17)13-2-4-18-7(6-13)5-8(14)15/h7H,1-6H2,(H2,11,16)(H,12,17)(H,14,15). The molecular formula is C10H17N3O6. The molecule has 0 aliphatic carbocycles. The highest BCUT2D eigenvalue weighted by molar-refractivity contribution is 5.74. The zero-order valence-electron chi connectivity index (χ0n) is 10.3. The maximum absolute atomic E-state index is 11.7. The van der Waals surface area contributed by atoms with E-state index in [4.69, 9.17) is 15.6 Å². The summed E-state index contributed by atoms with van der Waals surface area (Å²) < 4.78 is 9.69. The van der Waals surface area contributed by atoms with Crippen LogP contribution in [0, 0.1) is 0 Å². The van der Waals surface area contributed by atoms with Gasteiger partial charge >= 0.3 is 18.1 Å². The molecule has 1 atom stereocenters. The van der Waals surface area contributed by atoms with Crippen LogP contribution in [0.3, 0.4) is 0 Å². The van der Waals surface area contributed by atoms with E-state index in [-0.39, 0.29) is 32.1 Å². The van der Waals surface area contributed by atoms with Gasteiger partial charge in [-0.2, -0.15) is 0 Å². The molecule has 1 heterocycles. The zero-order chi connectivity index (χ0) is 14.3. The molecule has 19 heavy (non-hydrogen) atoms. The number of rotatable bonds is 5. The molecule has 1 fully saturated rings. The van der Waals surface area contributed by atoms with Gasteiger partial charge in [0.1, 0.15) is 6.61 Å². The van der Waals surface area contributed by atoms with Crippen LogP contribution in [0.1, 0.15) is 6.42 Å². The summed E-state index contributed by atoms with van der Waals surface area (Å²) >= 11 is 0. The second-order valence-electron chi connectivity index (χ2n) is 3.94. The number of primary amides is 1. The molecule has 0 radical (unpaired) electrons. The van der Waals surface area contributed by atoms with Gasteiger partial charge in [0.2, 0.25) is 0 Å². The van der Waals surface area contributed by atoms with Crippen LogP contribution in [-0.4, -0.2) is 67.1 Å². The number of nitrogens with two attached hydrogens (primary N) is 1. The van der Waals surface area contributed by atoms with E-state index in [2.05, 4.69) is 10.1 Å². The third-order valence-corrected chi connectivity index (χ3v) is 2.45. The van der Waals surface area contributed by atoms with Crippen molar-refractivity contribution in [3.63, 3.8) is 0 Å². The highest BCUT2D eigenvalue weighted by Gasteiger charge is 2.25. The molecule has 3 amide bonds. The van der Waals surface area contributed by atoms with E-state index in [9.17, 15) is 14.4 Å². The van der Waals surface area contributed by atoms with Crippen molar-refractivity contribution in [1.29, 1.82) is 0 Å². The molecule has 0 spiro atoms. The molecule has 108 valence electrons. The smallest absolute Gasteiger partial charge is 0.404 e. The molecule has 4 N–H and O–H groups in total. The van der Waals surface area contributed by atoms with Gasteiger partial charge in [-0.25, -0.2) is 9.59 Å². The van der Waals surface area contributed by atoms with Gasteiger partial charge in [-0.3, -0.25) is 4.79 Å². The van der Waals surface area contributed by atoms with Crippen molar-refractivity contribution in [1.82, 2.24) is 10.2 Å². The minimum absolute atomic E-state index is 0.00995. The van der Waals surface area contributed by atoms with Gasteiger partial charge in [0, 0.05) is 13.1 Å². The van der Waals surface area contributed by atoms with Gasteiger partial charge < -0.3 is 30.5 Å². The SMILES string of the molecule is NC(=O)OCCNC(=O)N1CCOC(CC(=O)O)C1. The average Bonchev–Trinajstić information content (AvgIpc) is 2.33. The Morgan fingerprint density at radius 1 is 1.47 bits per heavy atom. The number of nitrogens with zero attached hydrogens (tertiary/aromatic N) is 1. The van der Waals surface area contributed by atoms with Crippen molar-refractivity contribution in [2.75, 3.05) is 32.8 Å². The number of carbonyl (C=O) groups is 3. The molecule has 0 bridgehead atoms. The van der Waals surface area contributed by atoms with Crippen LogP contribution in [0.5, 0.6) is 0 Å². The van der Waals surface area contributed by atoms with Crippen molar-refractivity contribution in [2.45, 2.75) is 12.5 Å². The maximum Gasteiger partial charge on any atom is 0.404 e.